The van der Waals surface area contributed by atoms with E-state index in [1.165, 1.54) is 0 Å². The molecule has 82 valence electrons. The van der Waals surface area contributed by atoms with Crippen LogP contribution in [0.2, 0.25) is 0 Å². The maximum absolute atomic E-state index is 9.71. The molecule has 0 aliphatic heterocycles. The second-order valence-electron chi connectivity index (χ2n) is 3.47. The van der Waals surface area contributed by atoms with Crippen molar-refractivity contribution >= 4 is 0 Å². The Balaban J connectivity index is 2.31. The Morgan fingerprint density at radius 3 is 2.31 bits per heavy atom. The van der Waals surface area contributed by atoms with Crippen molar-refractivity contribution in [2.45, 2.75) is 6.92 Å². The van der Waals surface area contributed by atoms with Crippen molar-refractivity contribution in [1.82, 2.24) is 0 Å². The molecule has 16 heavy (non-hydrogen) atoms. The molecule has 0 bridgehead atoms. The van der Waals surface area contributed by atoms with Gasteiger partial charge in [-0.2, -0.15) is 0 Å². The van der Waals surface area contributed by atoms with Gasteiger partial charge in [0.1, 0.15) is 11.5 Å². The van der Waals surface area contributed by atoms with Crippen molar-refractivity contribution in [2.24, 2.45) is 0 Å². The van der Waals surface area contributed by atoms with Gasteiger partial charge in [-0.3, -0.25) is 0 Å². The first-order chi connectivity index (χ1) is 7.81. The number of aromatic hydroxyl groups is 1. The normalized spacial score (nSPS) is 10.1. The second kappa shape index (κ2) is 4.71. The van der Waals surface area contributed by atoms with Gasteiger partial charge < -0.3 is 9.84 Å². The maximum Gasteiger partial charge on any atom is 0.123 e. The molecule has 2 rings (SSSR count). The van der Waals surface area contributed by atoms with E-state index in [4.69, 9.17) is 4.74 Å². The zero-order chi connectivity index (χ0) is 11.4. The van der Waals surface area contributed by atoms with Gasteiger partial charge in [-0.1, -0.05) is 30.3 Å². The molecular formula is C14H14O2. The quantitative estimate of drug-likeness (QED) is 0.847. The summed E-state index contributed by atoms with van der Waals surface area (Å²) in [5.41, 5.74) is 1.83. The maximum atomic E-state index is 9.71. The predicted molar refractivity (Wildman–Crippen MR) is 64.7 cm³/mol. The third-order valence-corrected chi connectivity index (χ3v) is 2.38. The third kappa shape index (κ3) is 2.16. The lowest BCUT2D eigenvalue weighted by atomic mass is 10.0. The topological polar surface area (TPSA) is 29.5 Å². The first-order valence-electron chi connectivity index (χ1n) is 5.32. The van der Waals surface area contributed by atoms with Crippen molar-refractivity contribution in [3.63, 3.8) is 0 Å². The van der Waals surface area contributed by atoms with Crippen LogP contribution >= 0.6 is 0 Å². The highest BCUT2D eigenvalue weighted by Crippen LogP contribution is 2.29. The van der Waals surface area contributed by atoms with Crippen LogP contribution in [0.25, 0.3) is 11.1 Å². The van der Waals surface area contributed by atoms with Gasteiger partial charge in [-0.05, 0) is 30.7 Å². The Bertz CT molecular complexity index is 460. The highest BCUT2D eigenvalue weighted by Gasteiger charge is 2.02. The van der Waals surface area contributed by atoms with E-state index in [0.29, 0.717) is 12.4 Å². The van der Waals surface area contributed by atoms with Crippen LogP contribution in [0.5, 0.6) is 11.5 Å². The van der Waals surface area contributed by atoms with Crippen molar-refractivity contribution < 1.29 is 9.84 Å². The van der Waals surface area contributed by atoms with Crippen LogP contribution in [0.4, 0.5) is 0 Å². The molecule has 0 amide bonds. The van der Waals surface area contributed by atoms with E-state index in [9.17, 15) is 5.11 Å². The fraction of sp³-hybridized carbons (Fsp3) is 0.143. The Kier molecular flexibility index (Phi) is 3.10. The summed E-state index contributed by atoms with van der Waals surface area (Å²) in [5.74, 6) is 1.15. The predicted octanol–water partition coefficient (Wildman–Crippen LogP) is 3.46. The molecular weight excluding hydrogens is 200 g/mol. The van der Waals surface area contributed by atoms with Gasteiger partial charge in [-0.25, -0.2) is 0 Å². The third-order valence-electron chi connectivity index (χ3n) is 2.38. The second-order valence-corrected chi connectivity index (χ2v) is 3.47. The van der Waals surface area contributed by atoms with Gasteiger partial charge >= 0.3 is 0 Å². The average Bonchev–Trinajstić information content (AvgIpc) is 2.31. The zero-order valence-corrected chi connectivity index (χ0v) is 9.18. The van der Waals surface area contributed by atoms with E-state index in [1.807, 2.05) is 49.4 Å². The number of rotatable bonds is 3. The molecule has 2 nitrogen and oxygen atoms in total. The summed E-state index contributed by atoms with van der Waals surface area (Å²) in [4.78, 5) is 0. The van der Waals surface area contributed by atoms with Gasteiger partial charge in [0.05, 0.1) is 6.61 Å². The molecule has 0 radical (unpaired) electrons. The van der Waals surface area contributed by atoms with E-state index in [1.54, 1.807) is 6.07 Å². The van der Waals surface area contributed by atoms with Gasteiger partial charge in [0.2, 0.25) is 0 Å². The molecule has 0 atom stereocenters. The van der Waals surface area contributed by atoms with Crippen molar-refractivity contribution in [3.05, 3.63) is 48.5 Å². The minimum absolute atomic E-state index is 0.298. The molecule has 0 spiro atoms. The Morgan fingerprint density at radius 2 is 1.69 bits per heavy atom. The van der Waals surface area contributed by atoms with Gasteiger partial charge in [0, 0.05) is 5.56 Å². The van der Waals surface area contributed by atoms with Crippen LogP contribution in [0.3, 0.4) is 0 Å². The summed E-state index contributed by atoms with van der Waals surface area (Å²) in [7, 11) is 0. The summed E-state index contributed by atoms with van der Waals surface area (Å²) in [5, 5.41) is 9.71. The first-order valence-corrected chi connectivity index (χ1v) is 5.32. The summed E-state index contributed by atoms with van der Waals surface area (Å²) in [6.45, 7) is 2.62. The molecule has 2 heteroatoms. The van der Waals surface area contributed by atoms with Gasteiger partial charge in [0.15, 0.2) is 0 Å². The number of hydrogen-bond acceptors (Lipinski definition) is 2. The minimum atomic E-state index is 0.298. The Morgan fingerprint density at radius 1 is 1.00 bits per heavy atom. The molecule has 0 saturated carbocycles. The molecule has 0 heterocycles. The number of phenolic OH excluding ortho intramolecular Hbond substituents is 1. The summed E-state index contributed by atoms with van der Waals surface area (Å²) in [6, 6.07) is 15.0. The average molecular weight is 214 g/mol. The fourth-order valence-corrected chi connectivity index (χ4v) is 1.62. The van der Waals surface area contributed by atoms with E-state index in [-0.39, 0.29) is 0 Å². The van der Waals surface area contributed by atoms with Crippen LogP contribution in [0, 0.1) is 0 Å². The van der Waals surface area contributed by atoms with Crippen LogP contribution < -0.4 is 4.74 Å². The molecule has 1 N–H and O–H groups in total. The summed E-state index contributed by atoms with van der Waals surface area (Å²) >= 11 is 0. The van der Waals surface area contributed by atoms with E-state index in [0.717, 1.165) is 16.9 Å². The van der Waals surface area contributed by atoms with Crippen LogP contribution in [-0.2, 0) is 0 Å². The van der Waals surface area contributed by atoms with Crippen LogP contribution in [-0.4, -0.2) is 11.7 Å². The SMILES string of the molecule is CCOc1ccc(-c2ccccc2O)cc1. The molecule has 0 fully saturated rings. The van der Waals surface area contributed by atoms with Crippen LogP contribution in [0.1, 0.15) is 6.92 Å². The number of phenols is 1. The highest BCUT2D eigenvalue weighted by molar-refractivity contribution is 5.70. The smallest absolute Gasteiger partial charge is 0.123 e. The van der Waals surface area contributed by atoms with E-state index in [2.05, 4.69) is 0 Å². The number of ether oxygens (including phenoxy) is 1. The molecule has 0 saturated heterocycles. The Hall–Kier alpha value is -1.96. The molecule has 2 aromatic rings. The van der Waals surface area contributed by atoms with Crippen molar-refractivity contribution in [3.8, 4) is 22.6 Å². The fourth-order valence-electron chi connectivity index (χ4n) is 1.62. The number of para-hydroxylation sites is 1. The number of benzene rings is 2. The lowest BCUT2D eigenvalue weighted by Crippen LogP contribution is -1.90. The summed E-state index contributed by atoms with van der Waals surface area (Å²) < 4.78 is 5.36. The lowest BCUT2D eigenvalue weighted by molar-refractivity contribution is 0.340. The van der Waals surface area contributed by atoms with Gasteiger partial charge in [0.25, 0.3) is 0 Å². The molecule has 0 aliphatic carbocycles. The zero-order valence-electron chi connectivity index (χ0n) is 9.18. The molecule has 0 aromatic heterocycles. The molecule has 0 unspecified atom stereocenters. The molecule has 0 aliphatic rings. The standard InChI is InChI=1S/C14H14O2/c1-2-16-12-9-7-11(8-10-12)13-5-3-4-6-14(13)15/h3-10,15H,2H2,1H3. The largest absolute Gasteiger partial charge is 0.507 e. The molecule has 2 aromatic carbocycles. The van der Waals surface area contributed by atoms with Crippen LogP contribution in [0.15, 0.2) is 48.5 Å². The van der Waals surface area contributed by atoms with Crippen molar-refractivity contribution in [1.29, 1.82) is 0 Å². The highest BCUT2D eigenvalue weighted by atomic mass is 16.5. The Labute approximate surface area is 95.1 Å². The first kappa shape index (κ1) is 10.6. The van der Waals surface area contributed by atoms with E-state index >= 15 is 0 Å². The monoisotopic (exact) mass is 214 g/mol. The van der Waals surface area contributed by atoms with E-state index < -0.39 is 0 Å². The van der Waals surface area contributed by atoms with Gasteiger partial charge in [-0.15, -0.1) is 0 Å². The van der Waals surface area contributed by atoms with Crippen molar-refractivity contribution in [2.75, 3.05) is 6.61 Å². The minimum Gasteiger partial charge on any atom is -0.507 e. The number of hydrogen-bond donors (Lipinski definition) is 1. The summed E-state index contributed by atoms with van der Waals surface area (Å²) in [6.07, 6.45) is 0. The lowest BCUT2D eigenvalue weighted by Gasteiger charge is -2.06.